The molecule has 0 aromatic heterocycles. The van der Waals surface area contributed by atoms with E-state index in [4.69, 9.17) is 4.74 Å². The molecule has 0 aliphatic heterocycles. The van der Waals surface area contributed by atoms with Crippen LogP contribution in [0.5, 0.6) is 0 Å². The van der Waals surface area contributed by atoms with Crippen molar-refractivity contribution in [1.29, 1.82) is 0 Å². The number of amides is 3. The van der Waals surface area contributed by atoms with Crippen LogP contribution in [0.1, 0.15) is 20.7 Å². The van der Waals surface area contributed by atoms with Crippen molar-refractivity contribution in [1.82, 2.24) is 10.6 Å². The van der Waals surface area contributed by atoms with Crippen LogP contribution in [-0.4, -0.2) is 43.9 Å². The van der Waals surface area contributed by atoms with Gasteiger partial charge in [-0.3, -0.25) is 19.2 Å². The highest BCUT2D eigenvalue weighted by Gasteiger charge is 2.12. The molecule has 2 aromatic carbocycles. The first-order chi connectivity index (χ1) is 13.4. The molecule has 8 nitrogen and oxygen atoms in total. The molecule has 0 spiro atoms. The Hall–Kier alpha value is -3.20. The molecule has 9 heteroatoms. The number of hydrogen-bond donors (Lipinski definition) is 3. The number of rotatable bonds is 7. The number of hydrogen-bond acceptors (Lipinski definition) is 5. The SMILES string of the molecule is CNC(=O)c1cccc(NC(=O)COC(=O)CNC(=O)c2cccc(Br)c2)c1. The summed E-state index contributed by atoms with van der Waals surface area (Å²) in [5.74, 6) is -2.05. The van der Waals surface area contributed by atoms with Gasteiger partial charge in [-0.2, -0.15) is 0 Å². The smallest absolute Gasteiger partial charge is 0.325 e. The molecule has 0 saturated carbocycles. The van der Waals surface area contributed by atoms with Crippen LogP contribution in [0.3, 0.4) is 0 Å². The van der Waals surface area contributed by atoms with E-state index in [9.17, 15) is 19.2 Å². The second-order valence-electron chi connectivity index (χ2n) is 5.56. The Morgan fingerprint density at radius 1 is 0.964 bits per heavy atom. The Kier molecular flexibility index (Phi) is 7.70. The van der Waals surface area contributed by atoms with Crippen LogP contribution < -0.4 is 16.0 Å². The molecule has 0 aliphatic rings. The lowest BCUT2D eigenvalue weighted by Crippen LogP contribution is -2.32. The number of ether oxygens (including phenoxy) is 1. The van der Waals surface area contributed by atoms with Gasteiger partial charge in [0.1, 0.15) is 6.54 Å². The van der Waals surface area contributed by atoms with Crippen LogP contribution in [0.15, 0.2) is 53.0 Å². The molecule has 28 heavy (non-hydrogen) atoms. The molecule has 3 amide bonds. The van der Waals surface area contributed by atoms with E-state index in [1.807, 2.05) is 0 Å². The van der Waals surface area contributed by atoms with Crippen LogP contribution in [0.2, 0.25) is 0 Å². The quantitative estimate of drug-likeness (QED) is 0.559. The van der Waals surface area contributed by atoms with E-state index < -0.39 is 24.4 Å². The van der Waals surface area contributed by atoms with Crippen LogP contribution in [0.4, 0.5) is 5.69 Å². The zero-order valence-electron chi connectivity index (χ0n) is 15.0. The Balaban J connectivity index is 1.77. The van der Waals surface area contributed by atoms with Crippen LogP contribution >= 0.6 is 15.9 Å². The first-order valence-corrected chi connectivity index (χ1v) is 8.99. The van der Waals surface area contributed by atoms with Crippen LogP contribution in [-0.2, 0) is 14.3 Å². The van der Waals surface area contributed by atoms with Crippen molar-refractivity contribution < 1.29 is 23.9 Å². The third kappa shape index (κ3) is 6.51. The topological polar surface area (TPSA) is 114 Å². The van der Waals surface area contributed by atoms with Crippen molar-refractivity contribution in [3.63, 3.8) is 0 Å². The van der Waals surface area contributed by atoms with Gasteiger partial charge in [0.25, 0.3) is 17.7 Å². The van der Waals surface area contributed by atoms with Crippen molar-refractivity contribution in [2.24, 2.45) is 0 Å². The third-order valence-electron chi connectivity index (χ3n) is 3.48. The first-order valence-electron chi connectivity index (χ1n) is 8.20. The van der Waals surface area contributed by atoms with Crippen LogP contribution in [0.25, 0.3) is 0 Å². The van der Waals surface area contributed by atoms with Gasteiger partial charge in [-0.15, -0.1) is 0 Å². The number of halogens is 1. The molecule has 146 valence electrons. The molecule has 0 aliphatic carbocycles. The van der Waals surface area contributed by atoms with Gasteiger partial charge in [-0.1, -0.05) is 28.1 Å². The summed E-state index contributed by atoms with van der Waals surface area (Å²) in [4.78, 5) is 47.1. The Labute approximate surface area is 169 Å². The highest BCUT2D eigenvalue weighted by atomic mass is 79.9. The maximum absolute atomic E-state index is 11.9. The summed E-state index contributed by atoms with van der Waals surface area (Å²) in [5, 5.41) is 7.42. The van der Waals surface area contributed by atoms with Crippen molar-refractivity contribution >= 4 is 45.3 Å². The Morgan fingerprint density at radius 3 is 2.32 bits per heavy atom. The summed E-state index contributed by atoms with van der Waals surface area (Å²) in [5.41, 5.74) is 1.16. The summed E-state index contributed by atoms with van der Waals surface area (Å²) in [7, 11) is 1.50. The minimum absolute atomic E-state index is 0.288. The fraction of sp³-hybridized carbons (Fsp3) is 0.158. The number of esters is 1. The fourth-order valence-corrected chi connectivity index (χ4v) is 2.56. The average molecular weight is 448 g/mol. The van der Waals surface area contributed by atoms with Crippen LogP contribution in [0, 0.1) is 0 Å². The van der Waals surface area contributed by atoms with Gasteiger partial charge in [0.15, 0.2) is 6.61 Å². The van der Waals surface area contributed by atoms with Crippen molar-refractivity contribution in [2.45, 2.75) is 0 Å². The molecule has 0 unspecified atom stereocenters. The molecule has 0 bridgehead atoms. The van der Waals surface area contributed by atoms with Crippen molar-refractivity contribution in [3.05, 3.63) is 64.1 Å². The molecule has 0 heterocycles. The van der Waals surface area contributed by atoms with E-state index in [0.29, 0.717) is 16.8 Å². The summed E-state index contributed by atoms with van der Waals surface area (Å²) in [6, 6.07) is 13.0. The van der Waals surface area contributed by atoms with E-state index in [0.717, 1.165) is 4.47 Å². The number of benzene rings is 2. The van der Waals surface area contributed by atoms with E-state index in [2.05, 4.69) is 31.9 Å². The summed E-state index contributed by atoms with van der Waals surface area (Å²) < 4.78 is 5.57. The minimum Gasteiger partial charge on any atom is -0.454 e. The molecular formula is C19H18BrN3O5. The second kappa shape index (κ2) is 10.2. The number of anilines is 1. The number of carbonyl (C=O) groups is 4. The van der Waals surface area contributed by atoms with Crippen molar-refractivity contribution in [2.75, 3.05) is 25.5 Å². The zero-order chi connectivity index (χ0) is 20.5. The van der Waals surface area contributed by atoms with Gasteiger partial charge in [-0.05, 0) is 36.4 Å². The molecule has 0 saturated heterocycles. The molecule has 3 N–H and O–H groups in total. The molecule has 0 radical (unpaired) electrons. The van der Waals surface area contributed by atoms with Gasteiger partial charge >= 0.3 is 5.97 Å². The zero-order valence-corrected chi connectivity index (χ0v) is 16.5. The predicted octanol–water partition coefficient (Wildman–Crippen LogP) is 1.72. The lowest BCUT2D eigenvalue weighted by Gasteiger charge is -2.09. The average Bonchev–Trinajstić information content (AvgIpc) is 2.70. The van der Waals surface area contributed by atoms with E-state index in [-0.39, 0.29) is 12.5 Å². The molecule has 2 aromatic rings. The van der Waals surface area contributed by atoms with Gasteiger partial charge in [0.2, 0.25) is 0 Å². The lowest BCUT2D eigenvalue weighted by molar-refractivity contribution is -0.146. The molecule has 0 fully saturated rings. The summed E-state index contributed by atoms with van der Waals surface area (Å²) >= 11 is 3.26. The van der Waals surface area contributed by atoms with E-state index in [1.54, 1.807) is 42.5 Å². The van der Waals surface area contributed by atoms with Gasteiger partial charge in [0.05, 0.1) is 0 Å². The number of nitrogens with one attached hydrogen (secondary N) is 3. The van der Waals surface area contributed by atoms with Gasteiger partial charge < -0.3 is 20.7 Å². The highest BCUT2D eigenvalue weighted by molar-refractivity contribution is 9.10. The molecular weight excluding hydrogens is 430 g/mol. The standard InChI is InChI=1S/C19H18BrN3O5/c1-21-18(26)13-5-3-7-15(9-13)23-16(24)11-28-17(25)10-22-19(27)12-4-2-6-14(20)8-12/h2-9H,10-11H2,1H3,(H,21,26)(H,22,27)(H,23,24). The molecule has 0 atom stereocenters. The second-order valence-corrected chi connectivity index (χ2v) is 6.48. The fourth-order valence-electron chi connectivity index (χ4n) is 2.16. The third-order valence-corrected chi connectivity index (χ3v) is 3.97. The van der Waals surface area contributed by atoms with Gasteiger partial charge in [-0.25, -0.2) is 0 Å². The first kappa shape index (κ1) is 21.1. The van der Waals surface area contributed by atoms with Gasteiger partial charge in [0, 0.05) is 28.3 Å². The normalized spacial score (nSPS) is 9.93. The maximum Gasteiger partial charge on any atom is 0.325 e. The Morgan fingerprint density at radius 2 is 1.64 bits per heavy atom. The summed E-state index contributed by atoms with van der Waals surface area (Å²) in [6.07, 6.45) is 0. The lowest BCUT2D eigenvalue weighted by atomic mass is 10.2. The van der Waals surface area contributed by atoms with E-state index >= 15 is 0 Å². The monoisotopic (exact) mass is 447 g/mol. The predicted molar refractivity (Wildman–Crippen MR) is 106 cm³/mol. The Bertz CT molecular complexity index is 901. The highest BCUT2D eigenvalue weighted by Crippen LogP contribution is 2.12. The maximum atomic E-state index is 11.9. The van der Waals surface area contributed by atoms with Crippen molar-refractivity contribution in [3.8, 4) is 0 Å². The summed E-state index contributed by atoms with van der Waals surface area (Å²) in [6.45, 7) is -0.888. The number of carbonyl (C=O) groups excluding carboxylic acids is 4. The minimum atomic E-state index is -0.752. The largest absolute Gasteiger partial charge is 0.454 e. The van der Waals surface area contributed by atoms with E-state index in [1.165, 1.54) is 13.1 Å². The molecule has 2 rings (SSSR count).